The molecule has 3 aromatic heterocycles. The van der Waals surface area contributed by atoms with Crippen LogP contribution in [0.15, 0.2) is 4.52 Å². The molecule has 1 aliphatic rings. The number of thiophene rings is 1. The number of carbonyl (C=O) groups is 1. The number of esters is 1. The molecule has 0 bridgehead atoms. The molecule has 0 unspecified atom stereocenters. The van der Waals surface area contributed by atoms with E-state index >= 15 is 0 Å². The molecule has 4 heterocycles. The Bertz CT molecular complexity index is 1070. The number of aryl methyl sites for hydroxylation is 2. The Labute approximate surface area is 179 Å². The number of nitrogens with zero attached hydrogens (tertiary/aromatic N) is 6. The largest absolute Gasteiger partial charge is 0.462 e. The van der Waals surface area contributed by atoms with Crippen LogP contribution in [-0.4, -0.2) is 59.9 Å². The van der Waals surface area contributed by atoms with Crippen LogP contribution in [-0.2, 0) is 4.74 Å². The van der Waals surface area contributed by atoms with Crippen LogP contribution in [0.25, 0.3) is 10.2 Å². The van der Waals surface area contributed by atoms with Crippen LogP contribution in [0.3, 0.4) is 0 Å². The number of rotatable bonds is 5. The molecule has 0 aliphatic carbocycles. The van der Waals surface area contributed by atoms with Gasteiger partial charge in [0.1, 0.15) is 21.3 Å². The zero-order valence-electron chi connectivity index (χ0n) is 17.9. The summed E-state index contributed by atoms with van der Waals surface area (Å²) in [5.74, 6) is 2.82. The molecule has 0 N–H and O–H groups in total. The molecule has 30 heavy (non-hydrogen) atoms. The second-order valence-corrected chi connectivity index (χ2v) is 8.64. The Morgan fingerprint density at radius 2 is 1.97 bits per heavy atom. The molecule has 0 radical (unpaired) electrons. The third-order valence-electron chi connectivity index (χ3n) is 5.32. The van der Waals surface area contributed by atoms with E-state index in [-0.39, 0.29) is 11.9 Å². The van der Waals surface area contributed by atoms with Crippen molar-refractivity contribution in [2.24, 2.45) is 0 Å². The summed E-state index contributed by atoms with van der Waals surface area (Å²) in [5.41, 5.74) is 0.887. The number of anilines is 2. The lowest BCUT2D eigenvalue weighted by Crippen LogP contribution is -2.34. The zero-order valence-corrected chi connectivity index (χ0v) is 18.7. The lowest BCUT2D eigenvalue weighted by atomic mass is 9.96. The van der Waals surface area contributed by atoms with Gasteiger partial charge in [0.15, 0.2) is 0 Å². The van der Waals surface area contributed by atoms with Crippen molar-refractivity contribution < 1.29 is 14.1 Å². The van der Waals surface area contributed by atoms with Crippen LogP contribution >= 0.6 is 11.3 Å². The number of ether oxygens (including phenoxy) is 1. The van der Waals surface area contributed by atoms with Gasteiger partial charge in [-0.05, 0) is 44.3 Å². The van der Waals surface area contributed by atoms with E-state index in [9.17, 15) is 4.79 Å². The summed E-state index contributed by atoms with van der Waals surface area (Å²) in [4.78, 5) is 31.7. The minimum Gasteiger partial charge on any atom is -0.462 e. The van der Waals surface area contributed by atoms with Crippen LogP contribution < -0.4 is 9.80 Å². The average molecular weight is 431 g/mol. The molecule has 1 saturated heterocycles. The van der Waals surface area contributed by atoms with Crippen LogP contribution in [0.4, 0.5) is 11.8 Å². The van der Waals surface area contributed by atoms with Gasteiger partial charge in [0.05, 0.1) is 12.0 Å². The molecule has 9 nitrogen and oxygen atoms in total. The highest BCUT2D eigenvalue weighted by atomic mass is 32.1. The third kappa shape index (κ3) is 3.71. The van der Waals surface area contributed by atoms with Crippen LogP contribution in [0.5, 0.6) is 0 Å². The van der Waals surface area contributed by atoms with Crippen molar-refractivity contribution >= 4 is 39.3 Å². The number of piperidine rings is 1. The monoisotopic (exact) mass is 430 g/mol. The van der Waals surface area contributed by atoms with Crippen molar-refractivity contribution in [2.75, 3.05) is 43.6 Å². The van der Waals surface area contributed by atoms with Crippen LogP contribution in [0, 0.1) is 13.8 Å². The van der Waals surface area contributed by atoms with Gasteiger partial charge in [0.2, 0.25) is 5.89 Å². The highest BCUT2D eigenvalue weighted by Gasteiger charge is 2.29. The van der Waals surface area contributed by atoms with E-state index in [2.05, 4.69) is 20.0 Å². The first-order valence-corrected chi connectivity index (χ1v) is 10.9. The fourth-order valence-electron chi connectivity index (χ4n) is 3.75. The van der Waals surface area contributed by atoms with E-state index in [4.69, 9.17) is 14.2 Å². The molecule has 1 aliphatic heterocycles. The van der Waals surface area contributed by atoms with Crippen molar-refractivity contribution in [3.63, 3.8) is 0 Å². The summed E-state index contributed by atoms with van der Waals surface area (Å²) in [6.07, 6.45) is 1.79. The predicted molar refractivity (Wildman–Crippen MR) is 116 cm³/mol. The SMILES string of the molecule is CCOC(=O)c1sc2nc(C)nc(N3CCC(c4nc(N(C)C)no4)CC3)c2c1C. The Morgan fingerprint density at radius 1 is 1.23 bits per heavy atom. The number of hydrogen-bond acceptors (Lipinski definition) is 10. The highest BCUT2D eigenvalue weighted by molar-refractivity contribution is 7.20. The smallest absolute Gasteiger partial charge is 0.348 e. The van der Waals surface area contributed by atoms with E-state index in [0.717, 1.165) is 47.5 Å². The van der Waals surface area contributed by atoms with Gasteiger partial charge >= 0.3 is 5.97 Å². The lowest BCUT2D eigenvalue weighted by molar-refractivity contribution is 0.0531. The number of fused-ring (bicyclic) bond motifs is 1. The van der Waals surface area contributed by atoms with E-state index in [1.807, 2.05) is 39.8 Å². The van der Waals surface area contributed by atoms with Gasteiger partial charge in [-0.1, -0.05) is 0 Å². The topological polar surface area (TPSA) is 97.5 Å². The van der Waals surface area contributed by atoms with Crippen molar-refractivity contribution in [1.82, 2.24) is 20.1 Å². The Kier molecular flexibility index (Phi) is 5.59. The minimum absolute atomic E-state index is 0.236. The maximum Gasteiger partial charge on any atom is 0.348 e. The van der Waals surface area contributed by atoms with E-state index < -0.39 is 0 Å². The molecule has 10 heteroatoms. The molecular formula is C20H26N6O3S. The molecule has 3 aromatic rings. The summed E-state index contributed by atoms with van der Waals surface area (Å²) in [7, 11) is 3.79. The summed E-state index contributed by atoms with van der Waals surface area (Å²) in [6, 6.07) is 0. The van der Waals surface area contributed by atoms with Crippen molar-refractivity contribution in [2.45, 2.75) is 39.5 Å². The maximum atomic E-state index is 12.4. The number of aromatic nitrogens is 4. The normalized spacial score (nSPS) is 15.0. The molecule has 0 spiro atoms. The van der Waals surface area contributed by atoms with Crippen LogP contribution in [0.2, 0.25) is 0 Å². The summed E-state index contributed by atoms with van der Waals surface area (Å²) < 4.78 is 10.7. The molecular weight excluding hydrogens is 404 g/mol. The second-order valence-electron chi connectivity index (χ2n) is 7.64. The summed E-state index contributed by atoms with van der Waals surface area (Å²) in [6.45, 7) is 7.63. The second kappa shape index (κ2) is 8.17. The Morgan fingerprint density at radius 3 is 2.60 bits per heavy atom. The predicted octanol–water partition coefficient (Wildman–Crippen LogP) is 3.32. The van der Waals surface area contributed by atoms with Gasteiger partial charge in [-0.15, -0.1) is 11.3 Å². The fraction of sp³-hybridized carbons (Fsp3) is 0.550. The number of hydrogen-bond donors (Lipinski definition) is 0. The van der Waals surface area contributed by atoms with Crippen molar-refractivity contribution in [3.05, 3.63) is 22.2 Å². The molecule has 0 aromatic carbocycles. The summed E-state index contributed by atoms with van der Waals surface area (Å²) in [5, 5.41) is 4.97. The quantitative estimate of drug-likeness (QED) is 0.565. The molecule has 1 fully saturated rings. The first-order valence-electron chi connectivity index (χ1n) is 10.1. The molecule has 0 amide bonds. The number of carbonyl (C=O) groups excluding carboxylic acids is 1. The fourth-order valence-corrected chi connectivity index (χ4v) is 4.87. The van der Waals surface area contributed by atoms with E-state index in [1.54, 1.807) is 0 Å². The van der Waals surface area contributed by atoms with Gasteiger partial charge in [-0.2, -0.15) is 4.98 Å². The minimum atomic E-state index is -0.298. The highest BCUT2D eigenvalue weighted by Crippen LogP contribution is 2.38. The summed E-state index contributed by atoms with van der Waals surface area (Å²) >= 11 is 1.38. The van der Waals surface area contributed by atoms with Crippen molar-refractivity contribution in [1.29, 1.82) is 0 Å². The standard InChI is InChI=1S/C20H26N6O3S/c1-6-28-19(27)15-11(2)14-16(21-12(3)22-18(14)30-15)26-9-7-13(8-10-26)17-23-20(24-29-17)25(4)5/h13H,6-10H2,1-5H3. The van der Waals surface area contributed by atoms with Gasteiger partial charge in [0, 0.05) is 33.1 Å². The molecule has 0 atom stereocenters. The first-order chi connectivity index (χ1) is 14.4. The van der Waals surface area contributed by atoms with Crippen molar-refractivity contribution in [3.8, 4) is 0 Å². The Hall–Kier alpha value is -2.75. The maximum absolute atomic E-state index is 12.4. The lowest BCUT2D eigenvalue weighted by Gasteiger charge is -2.31. The van der Waals surface area contributed by atoms with E-state index in [1.165, 1.54) is 11.3 Å². The molecule has 0 saturated carbocycles. The third-order valence-corrected chi connectivity index (χ3v) is 6.48. The first kappa shape index (κ1) is 20.5. The van der Waals surface area contributed by atoms with Gasteiger partial charge in [-0.3, -0.25) is 0 Å². The average Bonchev–Trinajstić information content (AvgIpc) is 3.33. The molecule has 160 valence electrons. The zero-order chi connectivity index (χ0) is 21.4. The van der Waals surface area contributed by atoms with Gasteiger partial charge in [0.25, 0.3) is 5.95 Å². The van der Waals surface area contributed by atoms with Crippen LogP contribution in [0.1, 0.15) is 52.6 Å². The molecule has 4 rings (SSSR count). The van der Waals surface area contributed by atoms with Gasteiger partial charge in [-0.25, -0.2) is 14.8 Å². The van der Waals surface area contributed by atoms with Gasteiger partial charge < -0.3 is 19.1 Å². The Balaban J connectivity index is 1.60. The van der Waals surface area contributed by atoms with E-state index in [0.29, 0.717) is 29.1 Å².